The molecule has 0 bridgehead atoms. The molecule has 0 N–H and O–H groups in total. The molecule has 0 aliphatic rings. The van der Waals surface area contributed by atoms with Crippen LogP contribution in [-0.2, 0) is 5.41 Å². The molecule has 0 radical (unpaired) electrons. The highest BCUT2D eigenvalue weighted by atomic mass is 14.2. The Morgan fingerprint density at radius 2 is 0.527 bits per heavy atom. The van der Waals surface area contributed by atoms with Crippen molar-refractivity contribution >= 4 is 97.0 Å². The Bertz CT molecular complexity index is 5160. The van der Waals surface area contributed by atoms with Crippen molar-refractivity contribution in [1.82, 2.24) is 0 Å². The fourth-order valence-corrected chi connectivity index (χ4v) is 12.3. The molecule has 17 aromatic rings. The lowest BCUT2D eigenvalue weighted by atomic mass is 9.87. The summed E-state index contributed by atoms with van der Waals surface area (Å²) in [5.41, 5.74) is 13.6. The zero-order chi connectivity index (χ0) is 64.8. The minimum absolute atomic E-state index is 0.285. The van der Waals surface area contributed by atoms with Gasteiger partial charge in [0.2, 0.25) is 0 Å². The van der Waals surface area contributed by atoms with Gasteiger partial charge in [-0.25, -0.2) is 0 Å². The van der Waals surface area contributed by atoms with Gasteiger partial charge in [-0.05, 0) is 202 Å². The number of fused-ring (bicyclic) bond motifs is 6. The molecule has 0 atom stereocenters. The number of aryl methyl sites for hydroxylation is 7. The van der Waals surface area contributed by atoms with Crippen LogP contribution in [0.25, 0.3) is 108 Å². The monoisotopic (exact) mass is 1200 g/mol. The lowest BCUT2D eigenvalue weighted by Crippen LogP contribution is -2.10. The molecule has 0 heteroatoms. The average molecular weight is 1200 g/mol. The predicted octanol–water partition coefficient (Wildman–Crippen LogP) is 26.7. The molecule has 0 amide bonds. The van der Waals surface area contributed by atoms with E-state index in [4.69, 9.17) is 0 Å². The molecule has 93 heavy (non-hydrogen) atoms. The van der Waals surface area contributed by atoms with Crippen molar-refractivity contribution < 1.29 is 0 Å². The molecule has 0 saturated heterocycles. The third-order valence-corrected chi connectivity index (χ3v) is 17.5. The molecule has 0 aromatic heterocycles. The van der Waals surface area contributed by atoms with E-state index in [-0.39, 0.29) is 5.41 Å². The minimum atomic E-state index is 0.285. The van der Waals surface area contributed by atoms with Gasteiger partial charge in [0.05, 0.1) is 0 Å². The zero-order valence-electron chi connectivity index (χ0n) is 55.7. The SMILES string of the molecule is Cc1c2ccccc2cc2ccccc12.Cc1cc2ccc3cccc4ccc(c1)c2c34.Cc1ccc(-c2ccccc2)cc1.Cc1ccc(C(C)(C)C)cc1.Cc1ccc2cc3ccccc3cc2c1.Cc1ccc2ccccc2c1.Cc1cccc2ccccc12. The van der Waals surface area contributed by atoms with Crippen LogP contribution in [0.5, 0.6) is 0 Å². The number of hydrogen-bond acceptors (Lipinski definition) is 0. The predicted molar refractivity (Wildman–Crippen MR) is 411 cm³/mol. The van der Waals surface area contributed by atoms with E-state index in [1.54, 1.807) is 0 Å². The van der Waals surface area contributed by atoms with Crippen LogP contribution in [0.4, 0.5) is 0 Å². The second-order valence-electron chi connectivity index (χ2n) is 25.8. The summed E-state index contributed by atoms with van der Waals surface area (Å²) in [6.45, 7) is 21.7. The van der Waals surface area contributed by atoms with E-state index in [1.807, 2.05) is 6.07 Å². The van der Waals surface area contributed by atoms with Crippen LogP contribution in [0.1, 0.15) is 65.3 Å². The molecular formula is C93H84. The van der Waals surface area contributed by atoms with Gasteiger partial charge >= 0.3 is 0 Å². The largest absolute Gasteiger partial charge is 0.0622 e. The number of benzene rings is 17. The summed E-state index contributed by atoms with van der Waals surface area (Å²) in [5, 5.41) is 24.2. The summed E-state index contributed by atoms with van der Waals surface area (Å²) in [4.78, 5) is 0. The molecule has 17 aromatic carbocycles. The molecule has 0 spiro atoms. The molecule has 0 aliphatic carbocycles. The average Bonchev–Trinajstić information content (AvgIpc) is 0.770. The van der Waals surface area contributed by atoms with Crippen molar-refractivity contribution in [2.24, 2.45) is 0 Å². The first-order chi connectivity index (χ1) is 45.1. The molecule has 456 valence electrons. The molecule has 0 heterocycles. The van der Waals surface area contributed by atoms with Crippen molar-refractivity contribution in [3.8, 4) is 11.1 Å². The van der Waals surface area contributed by atoms with Gasteiger partial charge < -0.3 is 0 Å². The first kappa shape index (κ1) is 63.9. The lowest BCUT2D eigenvalue weighted by molar-refractivity contribution is 0.590. The van der Waals surface area contributed by atoms with Gasteiger partial charge in [-0.1, -0.05) is 352 Å². The summed E-state index contributed by atoms with van der Waals surface area (Å²) in [5.74, 6) is 0. The number of hydrogen-bond donors (Lipinski definition) is 0. The van der Waals surface area contributed by atoms with Gasteiger partial charge in [-0.2, -0.15) is 0 Å². The van der Waals surface area contributed by atoms with Gasteiger partial charge in [0.1, 0.15) is 0 Å². The highest BCUT2D eigenvalue weighted by Gasteiger charge is 2.12. The maximum atomic E-state index is 2.27. The zero-order valence-corrected chi connectivity index (χ0v) is 55.7. The molecule has 0 saturated carbocycles. The Balaban J connectivity index is 0.000000112. The van der Waals surface area contributed by atoms with Crippen molar-refractivity contribution in [1.29, 1.82) is 0 Å². The molecule has 0 fully saturated rings. The first-order valence-electron chi connectivity index (χ1n) is 32.6. The molecular weight excluding hydrogens is 1120 g/mol. The molecule has 0 aliphatic heterocycles. The molecule has 0 unspecified atom stereocenters. The van der Waals surface area contributed by atoms with E-state index in [2.05, 4.69) is 391 Å². The van der Waals surface area contributed by atoms with Crippen molar-refractivity contribution in [3.63, 3.8) is 0 Å². The fraction of sp³-hybridized carbons (Fsp3) is 0.118. The van der Waals surface area contributed by atoms with Gasteiger partial charge in [0.15, 0.2) is 0 Å². The number of rotatable bonds is 1. The van der Waals surface area contributed by atoms with E-state index < -0.39 is 0 Å². The van der Waals surface area contributed by atoms with Crippen molar-refractivity contribution in [3.05, 3.63) is 372 Å². The first-order valence-corrected chi connectivity index (χ1v) is 32.6. The highest BCUT2D eigenvalue weighted by molar-refractivity contribution is 6.23. The van der Waals surface area contributed by atoms with Gasteiger partial charge in [0.25, 0.3) is 0 Å². The summed E-state index contributed by atoms with van der Waals surface area (Å²) in [6.07, 6.45) is 0. The van der Waals surface area contributed by atoms with Crippen LogP contribution in [-0.4, -0.2) is 0 Å². The van der Waals surface area contributed by atoms with E-state index >= 15 is 0 Å². The van der Waals surface area contributed by atoms with E-state index in [0.29, 0.717) is 0 Å². The van der Waals surface area contributed by atoms with Crippen molar-refractivity contribution in [2.75, 3.05) is 0 Å². The summed E-state index contributed by atoms with van der Waals surface area (Å²) < 4.78 is 0. The Morgan fingerprint density at radius 1 is 0.194 bits per heavy atom. The molecule has 0 nitrogen and oxygen atoms in total. The van der Waals surface area contributed by atoms with E-state index in [9.17, 15) is 0 Å². The quantitative estimate of drug-likeness (QED) is 0.114. The van der Waals surface area contributed by atoms with Gasteiger partial charge in [0, 0.05) is 0 Å². The topological polar surface area (TPSA) is 0 Å². The summed E-state index contributed by atoms with van der Waals surface area (Å²) >= 11 is 0. The smallest absolute Gasteiger partial charge is 0.00266 e. The standard InChI is InChI=1S/C17H12.2C15H12.C13H12.2C11H10.C11H16/c1-11-9-14-7-5-12-3-2-4-13-6-8-15(10-11)17(14)16(12)13;1-11-14-8-4-2-6-12(14)10-13-7-3-5-9-15(11)13;1-11-6-7-14-9-12-4-2-3-5-13(12)10-15(14)8-11;1-11-7-9-13(10-8-11)12-5-3-2-4-6-12;1-9-5-4-7-10-6-2-3-8-11(9)10;1-9-6-7-10-4-2-3-5-11(10)8-9;1-9-5-7-10(8-6-9)11(2,3)4/h2-10H,1H3;2*2-10H,1H3;2-10H,1H3;2*2-8H,1H3;5-8H,1-4H3. The normalized spacial score (nSPS) is 10.9. The highest BCUT2D eigenvalue weighted by Crippen LogP contribution is 2.35. The third kappa shape index (κ3) is 16.1. The summed E-state index contributed by atoms with van der Waals surface area (Å²) in [6, 6.07) is 116. The molecule has 17 rings (SSSR count). The van der Waals surface area contributed by atoms with Crippen LogP contribution >= 0.6 is 0 Å². The maximum absolute atomic E-state index is 2.27. The van der Waals surface area contributed by atoms with E-state index in [0.717, 1.165) is 0 Å². The van der Waals surface area contributed by atoms with Crippen LogP contribution in [0, 0.1) is 48.5 Å². The van der Waals surface area contributed by atoms with Crippen LogP contribution < -0.4 is 0 Å². The van der Waals surface area contributed by atoms with Crippen LogP contribution in [0.15, 0.2) is 328 Å². The van der Waals surface area contributed by atoms with Crippen LogP contribution in [0.2, 0.25) is 0 Å². The van der Waals surface area contributed by atoms with Crippen LogP contribution in [0.3, 0.4) is 0 Å². The maximum Gasteiger partial charge on any atom is -0.00266 e. The fourth-order valence-electron chi connectivity index (χ4n) is 12.3. The third-order valence-electron chi connectivity index (χ3n) is 17.5. The lowest BCUT2D eigenvalue weighted by Gasteiger charge is -2.18. The Labute approximate surface area is 551 Å². The van der Waals surface area contributed by atoms with Crippen molar-refractivity contribution in [2.45, 2.75) is 74.7 Å². The minimum Gasteiger partial charge on any atom is -0.0622 e. The van der Waals surface area contributed by atoms with Gasteiger partial charge in [-0.3, -0.25) is 0 Å². The second kappa shape index (κ2) is 29.5. The summed E-state index contributed by atoms with van der Waals surface area (Å²) in [7, 11) is 0. The second-order valence-corrected chi connectivity index (χ2v) is 25.8. The Kier molecular flexibility index (Phi) is 20.3. The Hall–Kier alpha value is -10.7. The Morgan fingerprint density at radius 3 is 1.08 bits per heavy atom. The van der Waals surface area contributed by atoms with Gasteiger partial charge in [-0.15, -0.1) is 0 Å². The van der Waals surface area contributed by atoms with E-state index in [1.165, 1.54) is 153 Å².